The summed E-state index contributed by atoms with van der Waals surface area (Å²) in [5, 5.41) is 4.85. The number of hydrogen-bond acceptors (Lipinski definition) is 8. The van der Waals surface area contributed by atoms with Crippen molar-refractivity contribution in [3.05, 3.63) is 70.3 Å². The molecular weight excluding hydrogens is 605 g/mol. The number of aromatic nitrogens is 1. The van der Waals surface area contributed by atoms with Crippen molar-refractivity contribution in [2.24, 2.45) is 0 Å². The first-order valence-corrected chi connectivity index (χ1v) is 15.9. The molecule has 2 fully saturated rings. The lowest BCUT2D eigenvalue weighted by molar-refractivity contribution is -0.121. The van der Waals surface area contributed by atoms with Crippen LogP contribution in [-0.4, -0.2) is 92.3 Å². The van der Waals surface area contributed by atoms with Crippen LogP contribution in [0.25, 0.3) is 38.5 Å². The molecule has 11 nitrogen and oxygen atoms in total. The van der Waals surface area contributed by atoms with Crippen LogP contribution in [0.5, 0.6) is 11.5 Å². The highest BCUT2D eigenvalue weighted by Gasteiger charge is 2.35. The van der Waals surface area contributed by atoms with E-state index in [1.54, 1.807) is 15.7 Å². The number of para-hydroxylation sites is 1. The number of nitrogens with zero attached hydrogens (tertiary/aromatic N) is 4. The van der Waals surface area contributed by atoms with Gasteiger partial charge in [-0.2, -0.15) is 0 Å². The van der Waals surface area contributed by atoms with Crippen molar-refractivity contribution in [2.45, 2.75) is 18.9 Å². The van der Waals surface area contributed by atoms with Crippen LogP contribution in [0, 0.1) is 5.82 Å². The zero-order valence-electron chi connectivity index (χ0n) is 26.2. The maximum absolute atomic E-state index is 16.3. The summed E-state index contributed by atoms with van der Waals surface area (Å²) >= 11 is 0. The summed E-state index contributed by atoms with van der Waals surface area (Å²) in [6, 6.07) is 12.4. The van der Waals surface area contributed by atoms with Gasteiger partial charge in [-0.05, 0) is 38.7 Å². The standard InChI is InChI=1S/C35H34FN5O6/c1-38(2)9-8-30(42)37-20-7-10-40(18-20)32-25(36)15-23-31-34(32)47-29-16-22-21-5-3-4-6-27(21)46-28(22)17-26(29)41(31)19-24(33(23)43)35(44)39-11-13-45-14-12-39/h3-6,15-17,19-20H,7-14,18H2,1-2H3,(H,37,42)/t20-/m1/s1. The van der Waals surface area contributed by atoms with Crippen molar-refractivity contribution >= 4 is 50.3 Å². The molecule has 5 heterocycles. The largest absolute Gasteiger partial charge is 0.456 e. The minimum atomic E-state index is -0.634. The summed E-state index contributed by atoms with van der Waals surface area (Å²) in [5.41, 5.74) is 1.84. The number of hydrogen-bond donors (Lipinski definition) is 1. The van der Waals surface area contributed by atoms with Crippen molar-refractivity contribution in [3.63, 3.8) is 0 Å². The molecule has 1 N–H and O–H groups in total. The number of carbonyl (C=O) groups excluding carboxylic acids is 2. The molecule has 2 aromatic heterocycles. The van der Waals surface area contributed by atoms with Gasteiger partial charge in [0, 0.05) is 68.2 Å². The molecule has 3 aliphatic rings. The second-order valence-electron chi connectivity index (χ2n) is 12.6. The number of amides is 2. The molecule has 5 aromatic rings. The zero-order chi connectivity index (χ0) is 32.4. The van der Waals surface area contributed by atoms with E-state index in [9.17, 15) is 14.4 Å². The molecule has 0 aliphatic carbocycles. The number of benzene rings is 3. The fraction of sp³-hybridized carbons (Fsp3) is 0.343. The van der Waals surface area contributed by atoms with Crippen molar-refractivity contribution in [2.75, 3.05) is 64.9 Å². The zero-order valence-corrected chi connectivity index (χ0v) is 26.2. The van der Waals surface area contributed by atoms with Crippen molar-refractivity contribution in [3.8, 4) is 17.2 Å². The minimum absolute atomic E-state index is 0.0449. The van der Waals surface area contributed by atoms with Crippen molar-refractivity contribution in [1.82, 2.24) is 19.7 Å². The van der Waals surface area contributed by atoms with E-state index in [2.05, 4.69) is 5.32 Å². The first-order chi connectivity index (χ1) is 22.8. The van der Waals surface area contributed by atoms with Crippen LogP contribution < -0.4 is 20.4 Å². The summed E-state index contributed by atoms with van der Waals surface area (Å²) in [6.07, 6.45) is 2.54. The number of halogens is 1. The summed E-state index contributed by atoms with van der Waals surface area (Å²) < 4.78 is 36.2. The molecule has 47 heavy (non-hydrogen) atoms. The number of nitrogens with one attached hydrogen (secondary N) is 1. The van der Waals surface area contributed by atoms with Crippen LogP contribution in [0.3, 0.4) is 0 Å². The lowest BCUT2D eigenvalue weighted by Crippen LogP contribution is -2.42. The Balaban J connectivity index is 1.27. The van der Waals surface area contributed by atoms with Gasteiger partial charge in [0.25, 0.3) is 5.91 Å². The third-order valence-electron chi connectivity index (χ3n) is 9.29. The lowest BCUT2D eigenvalue weighted by atomic mass is 10.0. The van der Waals surface area contributed by atoms with Gasteiger partial charge in [-0.3, -0.25) is 14.4 Å². The highest BCUT2D eigenvalue weighted by molar-refractivity contribution is 6.07. The van der Waals surface area contributed by atoms with Gasteiger partial charge in [-0.25, -0.2) is 4.39 Å². The second-order valence-corrected chi connectivity index (χ2v) is 12.6. The summed E-state index contributed by atoms with van der Waals surface area (Å²) in [5.74, 6) is -0.489. The minimum Gasteiger partial charge on any atom is -0.456 e. The average Bonchev–Trinajstić information content (AvgIpc) is 3.68. The van der Waals surface area contributed by atoms with Gasteiger partial charge in [0.1, 0.15) is 27.9 Å². The van der Waals surface area contributed by atoms with Crippen LogP contribution in [0.4, 0.5) is 10.1 Å². The molecule has 12 heteroatoms. The van der Waals surface area contributed by atoms with Crippen LogP contribution in [0.2, 0.25) is 0 Å². The number of rotatable bonds is 6. The quantitative estimate of drug-likeness (QED) is 0.288. The fourth-order valence-electron chi connectivity index (χ4n) is 6.91. The predicted molar refractivity (Wildman–Crippen MR) is 176 cm³/mol. The van der Waals surface area contributed by atoms with E-state index in [4.69, 9.17) is 13.9 Å². The van der Waals surface area contributed by atoms with Gasteiger partial charge in [-0.1, -0.05) is 18.2 Å². The lowest BCUT2D eigenvalue weighted by Gasteiger charge is -2.30. The van der Waals surface area contributed by atoms with Gasteiger partial charge in [0.2, 0.25) is 11.3 Å². The topological polar surface area (TPSA) is 109 Å². The molecule has 0 radical (unpaired) electrons. The number of ether oxygens (including phenoxy) is 2. The number of carbonyl (C=O) groups is 2. The fourth-order valence-corrected chi connectivity index (χ4v) is 6.91. The molecule has 3 aliphatic heterocycles. The maximum atomic E-state index is 16.3. The first-order valence-electron chi connectivity index (χ1n) is 15.9. The van der Waals surface area contributed by atoms with Crippen LogP contribution in [-0.2, 0) is 9.53 Å². The summed E-state index contributed by atoms with van der Waals surface area (Å²) in [4.78, 5) is 45.7. The van der Waals surface area contributed by atoms with E-state index in [0.717, 1.165) is 10.8 Å². The molecule has 0 unspecified atom stereocenters. The SMILES string of the molecule is CN(C)CCC(=O)N[C@@H]1CCN(c2c(F)cc3c(=O)c(C(=O)N4CCOCC4)cn4c3c2Oc2cc3c(cc2-4)oc2ccccc23)C1. The normalized spacial score (nSPS) is 17.5. The molecule has 0 spiro atoms. The Hall–Kier alpha value is -4.94. The van der Waals surface area contributed by atoms with E-state index in [1.165, 1.54) is 6.07 Å². The summed E-state index contributed by atoms with van der Waals surface area (Å²) in [6.45, 7) is 2.96. The van der Waals surface area contributed by atoms with E-state index < -0.39 is 17.2 Å². The predicted octanol–water partition coefficient (Wildman–Crippen LogP) is 4.25. The van der Waals surface area contributed by atoms with Gasteiger partial charge >= 0.3 is 0 Å². The monoisotopic (exact) mass is 639 g/mol. The Morgan fingerprint density at radius 1 is 1.02 bits per heavy atom. The second kappa shape index (κ2) is 11.4. The van der Waals surface area contributed by atoms with E-state index in [0.29, 0.717) is 86.9 Å². The smallest absolute Gasteiger partial charge is 0.259 e. The number of fused-ring (bicyclic) bond motifs is 5. The highest BCUT2D eigenvalue weighted by atomic mass is 19.1. The highest BCUT2D eigenvalue weighted by Crippen LogP contribution is 2.49. The molecule has 3 aromatic carbocycles. The number of anilines is 1. The van der Waals surface area contributed by atoms with Gasteiger partial charge < -0.3 is 38.5 Å². The van der Waals surface area contributed by atoms with Crippen LogP contribution in [0.1, 0.15) is 23.2 Å². The van der Waals surface area contributed by atoms with Gasteiger partial charge in [0.05, 0.1) is 24.3 Å². The Bertz CT molecular complexity index is 2150. The third kappa shape index (κ3) is 4.99. The molecule has 2 amide bonds. The Morgan fingerprint density at radius 2 is 1.83 bits per heavy atom. The molecule has 0 bridgehead atoms. The summed E-state index contributed by atoms with van der Waals surface area (Å²) in [7, 11) is 3.83. The van der Waals surface area contributed by atoms with Gasteiger partial charge in [0.15, 0.2) is 17.3 Å². The third-order valence-corrected chi connectivity index (χ3v) is 9.29. The van der Waals surface area contributed by atoms with Gasteiger partial charge in [-0.15, -0.1) is 0 Å². The van der Waals surface area contributed by atoms with E-state index >= 15 is 4.39 Å². The van der Waals surface area contributed by atoms with Crippen LogP contribution >= 0.6 is 0 Å². The van der Waals surface area contributed by atoms with E-state index in [-0.39, 0.29) is 34.3 Å². The van der Waals surface area contributed by atoms with E-state index in [1.807, 2.05) is 60.3 Å². The molecular formula is C35H34FN5O6. The maximum Gasteiger partial charge on any atom is 0.259 e. The Labute approximate surface area is 269 Å². The Kier molecular flexibility index (Phi) is 7.14. The Morgan fingerprint density at radius 3 is 2.64 bits per heavy atom. The average molecular weight is 640 g/mol. The van der Waals surface area contributed by atoms with Crippen molar-refractivity contribution < 1.29 is 27.9 Å². The number of furan rings is 1. The first kappa shape index (κ1) is 29.5. The molecule has 1 atom stereocenters. The van der Waals surface area contributed by atoms with Crippen LogP contribution in [0.15, 0.2) is 57.9 Å². The number of morpholine rings is 1. The molecule has 2 saturated heterocycles. The molecule has 0 saturated carbocycles. The molecule has 242 valence electrons. The van der Waals surface area contributed by atoms with Crippen molar-refractivity contribution in [1.29, 1.82) is 0 Å². The molecule has 8 rings (SSSR count). The number of pyridine rings is 1.